The Labute approximate surface area is 121 Å². The molecule has 1 heterocycles. The molecule has 4 heteroatoms. The van der Waals surface area contributed by atoms with E-state index < -0.39 is 17.6 Å². The number of alkyl carbamates (subject to hydrolysis) is 1. The molecule has 0 aromatic heterocycles. The van der Waals surface area contributed by atoms with Gasteiger partial charge in [-0.1, -0.05) is 48.5 Å². The normalized spacial score (nSPS) is 18.5. The minimum atomic E-state index is -1.35. The third-order valence-electron chi connectivity index (χ3n) is 4.24. The lowest BCUT2D eigenvalue weighted by Crippen LogP contribution is -2.38. The molecule has 2 aromatic rings. The van der Waals surface area contributed by atoms with Crippen LogP contribution in [0.25, 0.3) is 0 Å². The van der Waals surface area contributed by atoms with E-state index >= 15 is 0 Å². The minimum absolute atomic E-state index is 0.408. The van der Waals surface area contributed by atoms with E-state index in [1.165, 1.54) is 0 Å². The predicted octanol–water partition coefficient (Wildman–Crippen LogP) is 2.30. The van der Waals surface area contributed by atoms with Crippen LogP contribution in [0, 0.1) is 0 Å². The van der Waals surface area contributed by atoms with Gasteiger partial charge in [0.15, 0.2) is 0 Å². The van der Waals surface area contributed by atoms with Crippen LogP contribution in [-0.2, 0) is 28.0 Å². The Hall–Kier alpha value is -2.62. The van der Waals surface area contributed by atoms with E-state index in [1.54, 1.807) is 0 Å². The number of aryl methyl sites for hydroxylation is 2. The first kappa shape index (κ1) is 12.1. The predicted molar refractivity (Wildman–Crippen MR) is 75.7 cm³/mol. The molecule has 1 fully saturated rings. The fourth-order valence-corrected chi connectivity index (χ4v) is 3.32. The Morgan fingerprint density at radius 3 is 1.86 bits per heavy atom. The molecule has 4 rings (SSSR count). The molecule has 2 amide bonds. The average Bonchev–Trinajstić information content (AvgIpc) is 2.72. The number of carbonyl (C=O) groups is 2. The first-order valence-corrected chi connectivity index (χ1v) is 6.93. The van der Waals surface area contributed by atoms with Crippen LogP contribution in [-0.4, -0.2) is 12.0 Å². The molecule has 104 valence electrons. The fourth-order valence-electron chi connectivity index (χ4n) is 3.32. The number of hydrogen-bond acceptors (Lipinski definition) is 3. The molecule has 21 heavy (non-hydrogen) atoms. The monoisotopic (exact) mass is 279 g/mol. The van der Waals surface area contributed by atoms with E-state index in [2.05, 4.69) is 5.32 Å². The van der Waals surface area contributed by atoms with Gasteiger partial charge in [-0.25, -0.2) is 4.79 Å². The van der Waals surface area contributed by atoms with E-state index in [1.807, 2.05) is 48.5 Å². The van der Waals surface area contributed by atoms with Crippen LogP contribution in [0.2, 0.25) is 0 Å². The van der Waals surface area contributed by atoms with Gasteiger partial charge in [0, 0.05) is 11.1 Å². The zero-order valence-corrected chi connectivity index (χ0v) is 11.3. The van der Waals surface area contributed by atoms with E-state index in [0.717, 1.165) is 35.1 Å². The van der Waals surface area contributed by atoms with Gasteiger partial charge in [-0.2, -0.15) is 0 Å². The molecule has 1 N–H and O–H groups in total. The van der Waals surface area contributed by atoms with Crippen molar-refractivity contribution < 1.29 is 14.3 Å². The molecule has 4 nitrogen and oxygen atoms in total. The van der Waals surface area contributed by atoms with E-state index in [9.17, 15) is 9.59 Å². The number of benzene rings is 2. The summed E-state index contributed by atoms with van der Waals surface area (Å²) in [6.07, 6.45) is 0.950. The lowest BCUT2D eigenvalue weighted by atomic mass is 9.83. The lowest BCUT2D eigenvalue weighted by Gasteiger charge is -2.27. The maximum Gasteiger partial charge on any atom is 0.415 e. The molecule has 0 unspecified atom stereocenters. The van der Waals surface area contributed by atoms with Crippen LogP contribution >= 0.6 is 0 Å². The second-order valence-electron chi connectivity index (χ2n) is 5.34. The van der Waals surface area contributed by atoms with Crippen LogP contribution in [0.1, 0.15) is 22.3 Å². The van der Waals surface area contributed by atoms with E-state index in [0.29, 0.717) is 0 Å². The van der Waals surface area contributed by atoms with Gasteiger partial charge in [-0.3, -0.25) is 10.1 Å². The summed E-state index contributed by atoms with van der Waals surface area (Å²) in [6.45, 7) is 0. The minimum Gasteiger partial charge on any atom is -0.422 e. The maximum absolute atomic E-state index is 12.6. The van der Waals surface area contributed by atoms with Crippen LogP contribution in [0.5, 0.6) is 0 Å². The van der Waals surface area contributed by atoms with Crippen LogP contribution < -0.4 is 5.32 Å². The highest BCUT2D eigenvalue weighted by molar-refractivity contribution is 6.06. The van der Waals surface area contributed by atoms with Crippen molar-refractivity contribution in [3.05, 3.63) is 70.8 Å². The number of fused-ring (bicyclic) bond motifs is 4. The molecule has 1 aliphatic carbocycles. The standard InChI is InChI=1S/C17H13NO3/c19-15-17(21-16(20)18-15)13-7-3-1-5-11(13)9-10-12-6-2-4-8-14(12)17/h1-8H,9-10H2,(H,18,19,20). The average molecular weight is 279 g/mol. The number of amides is 2. The lowest BCUT2D eigenvalue weighted by molar-refractivity contribution is -0.129. The Morgan fingerprint density at radius 2 is 1.38 bits per heavy atom. The van der Waals surface area contributed by atoms with Crippen molar-refractivity contribution in [2.24, 2.45) is 0 Å². The zero-order chi connectivity index (χ0) is 14.4. The zero-order valence-electron chi connectivity index (χ0n) is 11.3. The van der Waals surface area contributed by atoms with Crippen molar-refractivity contribution >= 4 is 12.0 Å². The quantitative estimate of drug-likeness (QED) is 0.805. The number of carbonyl (C=O) groups excluding carboxylic acids is 2. The molecule has 0 atom stereocenters. The first-order chi connectivity index (χ1) is 10.2. The summed E-state index contributed by atoms with van der Waals surface area (Å²) in [5.74, 6) is -0.408. The molecule has 0 saturated carbocycles. The second kappa shape index (κ2) is 4.19. The third kappa shape index (κ3) is 1.56. The summed E-state index contributed by atoms with van der Waals surface area (Å²) in [7, 11) is 0. The van der Waals surface area contributed by atoms with E-state index in [4.69, 9.17) is 4.74 Å². The number of nitrogens with one attached hydrogen (secondary N) is 1. The van der Waals surface area contributed by atoms with Crippen molar-refractivity contribution in [3.8, 4) is 0 Å². The highest BCUT2D eigenvalue weighted by atomic mass is 16.6. The molecular weight excluding hydrogens is 266 g/mol. The second-order valence-corrected chi connectivity index (χ2v) is 5.34. The van der Waals surface area contributed by atoms with Gasteiger partial charge in [-0.15, -0.1) is 0 Å². The number of rotatable bonds is 0. The maximum atomic E-state index is 12.6. The molecule has 1 spiro atoms. The molecule has 0 radical (unpaired) electrons. The Kier molecular flexibility index (Phi) is 2.42. The Bertz CT molecular complexity index is 719. The Balaban J connectivity index is 2.08. The smallest absolute Gasteiger partial charge is 0.415 e. The van der Waals surface area contributed by atoms with Crippen molar-refractivity contribution in [1.29, 1.82) is 0 Å². The van der Waals surface area contributed by atoms with E-state index in [-0.39, 0.29) is 0 Å². The Morgan fingerprint density at radius 1 is 0.857 bits per heavy atom. The topological polar surface area (TPSA) is 55.4 Å². The van der Waals surface area contributed by atoms with Gasteiger partial charge >= 0.3 is 6.09 Å². The SMILES string of the molecule is O=C1NC(=O)C2(O1)c1ccccc1CCc1ccccc12. The molecule has 1 aliphatic heterocycles. The molecule has 2 aromatic carbocycles. The van der Waals surface area contributed by atoms with Gasteiger partial charge in [0.2, 0.25) is 5.60 Å². The van der Waals surface area contributed by atoms with Crippen LogP contribution in [0.3, 0.4) is 0 Å². The highest BCUT2D eigenvalue weighted by Crippen LogP contribution is 2.43. The van der Waals surface area contributed by atoms with Gasteiger partial charge in [-0.05, 0) is 24.0 Å². The fraction of sp³-hybridized carbons (Fsp3) is 0.176. The summed E-state index contributed by atoms with van der Waals surface area (Å²) < 4.78 is 5.54. The summed E-state index contributed by atoms with van der Waals surface area (Å²) >= 11 is 0. The summed E-state index contributed by atoms with van der Waals surface area (Å²) in [6, 6.07) is 15.3. The summed E-state index contributed by atoms with van der Waals surface area (Å²) in [5.41, 5.74) is 2.26. The highest BCUT2D eigenvalue weighted by Gasteiger charge is 2.54. The van der Waals surface area contributed by atoms with Crippen LogP contribution in [0.4, 0.5) is 4.79 Å². The summed E-state index contributed by atoms with van der Waals surface area (Å²) in [5, 5.41) is 2.29. The van der Waals surface area contributed by atoms with Gasteiger partial charge in [0.05, 0.1) is 0 Å². The molecule has 1 saturated heterocycles. The molecule has 2 aliphatic rings. The van der Waals surface area contributed by atoms with Crippen molar-refractivity contribution in [1.82, 2.24) is 5.32 Å². The summed E-state index contributed by atoms with van der Waals surface area (Å²) in [4.78, 5) is 24.3. The first-order valence-electron chi connectivity index (χ1n) is 6.93. The van der Waals surface area contributed by atoms with Gasteiger partial charge in [0.1, 0.15) is 0 Å². The molecular formula is C17H13NO3. The van der Waals surface area contributed by atoms with Crippen molar-refractivity contribution in [3.63, 3.8) is 0 Å². The number of hydrogen-bond donors (Lipinski definition) is 1. The number of ether oxygens (including phenoxy) is 1. The van der Waals surface area contributed by atoms with Crippen molar-refractivity contribution in [2.75, 3.05) is 0 Å². The number of imide groups is 1. The largest absolute Gasteiger partial charge is 0.422 e. The van der Waals surface area contributed by atoms with Gasteiger partial charge in [0.25, 0.3) is 5.91 Å². The molecule has 0 bridgehead atoms. The van der Waals surface area contributed by atoms with Gasteiger partial charge < -0.3 is 4.74 Å². The van der Waals surface area contributed by atoms with Crippen molar-refractivity contribution in [2.45, 2.75) is 18.4 Å². The van der Waals surface area contributed by atoms with Crippen LogP contribution in [0.15, 0.2) is 48.5 Å². The third-order valence-corrected chi connectivity index (χ3v) is 4.24.